The van der Waals surface area contributed by atoms with Gasteiger partial charge in [-0.1, -0.05) is 6.07 Å². The molecule has 1 amide bonds. The third kappa shape index (κ3) is 1.05. The Morgan fingerprint density at radius 1 is 1.12 bits per heavy atom. The van der Waals surface area contributed by atoms with Crippen LogP contribution in [-0.2, 0) is 11.2 Å². The normalized spacial score (nSPS) is 14.2. The lowest BCUT2D eigenvalue weighted by atomic mass is 9.98. The number of aromatic nitrogens is 3. The minimum absolute atomic E-state index is 0.0839. The van der Waals surface area contributed by atoms with E-state index >= 15 is 0 Å². The smallest absolute Gasteiger partial charge is 0.250 e. The molecule has 0 saturated heterocycles. The van der Waals surface area contributed by atoms with Crippen LogP contribution in [0.4, 0.5) is 0 Å². The number of benzene rings is 2. The van der Waals surface area contributed by atoms with Crippen molar-refractivity contribution in [3.8, 4) is 0 Å². The van der Waals surface area contributed by atoms with Gasteiger partial charge in [-0.2, -0.15) is 5.10 Å². The molecule has 0 saturated carbocycles. The summed E-state index contributed by atoms with van der Waals surface area (Å²) in [7, 11) is 0. The summed E-state index contributed by atoms with van der Waals surface area (Å²) in [6.45, 7) is 0. The first-order valence-electron chi connectivity index (χ1n) is 5.38. The summed E-state index contributed by atoms with van der Waals surface area (Å²) >= 11 is 0. The van der Waals surface area contributed by atoms with Crippen LogP contribution in [0.2, 0.25) is 0 Å². The molecule has 2 aromatic carbocycles. The van der Waals surface area contributed by atoms with Crippen LogP contribution >= 0.6 is 0 Å². The highest BCUT2D eigenvalue weighted by Gasteiger charge is 2.16. The second kappa shape index (κ2) is 2.82. The quantitative estimate of drug-likeness (QED) is 0.598. The Bertz CT molecular complexity index is 825. The molecule has 1 aliphatic rings. The van der Waals surface area contributed by atoms with Gasteiger partial charge in [0.1, 0.15) is 0 Å². The Balaban J connectivity index is 2.42. The van der Waals surface area contributed by atoms with Gasteiger partial charge in [0, 0.05) is 10.8 Å². The molecule has 3 aromatic rings. The molecular formula is C12H8N4O. The summed E-state index contributed by atoms with van der Waals surface area (Å²) < 4.78 is 0. The van der Waals surface area contributed by atoms with Crippen LogP contribution in [0.3, 0.4) is 0 Å². The van der Waals surface area contributed by atoms with Crippen molar-refractivity contribution in [3.05, 3.63) is 35.2 Å². The molecule has 17 heavy (non-hydrogen) atoms. The molecule has 4 rings (SSSR count). The molecular weight excluding hydrogens is 216 g/mol. The molecule has 0 bridgehead atoms. The monoisotopic (exact) mass is 224 g/mol. The van der Waals surface area contributed by atoms with Gasteiger partial charge in [-0.25, -0.2) is 10.2 Å². The van der Waals surface area contributed by atoms with E-state index in [1.165, 1.54) is 0 Å². The Labute approximate surface area is 95.2 Å². The third-order valence-corrected chi connectivity index (χ3v) is 3.16. The minimum atomic E-state index is -0.0839. The topological polar surface area (TPSA) is 73.9 Å². The van der Waals surface area contributed by atoms with Crippen LogP contribution in [0.1, 0.15) is 5.56 Å². The maximum atomic E-state index is 11.5. The van der Waals surface area contributed by atoms with Crippen LogP contribution in [0, 0.1) is 0 Å². The second-order valence-corrected chi connectivity index (χ2v) is 4.16. The maximum Gasteiger partial charge on any atom is 0.250 e. The molecule has 0 spiro atoms. The minimum Gasteiger partial charge on any atom is -0.284 e. The number of nitrogens with one attached hydrogen (secondary N) is 2. The number of aromatic amines is 2. The van der Waals surface area contributed by atoms with Gasteiger partial charge in [0.2, 0.25) is 0 Å². The Morgan fingerprint density at radius 3 is 3.00 bits per heavy atom. The lowest BCUT2D eigenvalue weighted by molar-refractivity contribution is -0.117. The van der Waals surface area contributed by atoms with E-state index in [0.29, 0.717) is 6.42 Å². The highest BCUT2D eigenvalue weighted by molar-refractivity contribution is 6.09. The van der Waals surface area contributed by atoms with Gasteiger partial charge in [-0.3, -0.25) is 9.89 Å². The number of amides is 1. The van der Waals surface area contributed by atoms with Gasteiger partial charge < -0.3 is 0 Å². The number of carbonyl (C=O) groups is 1. The number of carbonyl (C=O) groups excluding carboxylic acids is 1. The van der Waals surface area contributed by atoms with Crippen LogP contribution in [0.5, 0.6) is 0 Å². The molecule has 0 unspecified atom stereocenters. The van der Waals surface area contributed by atoms with Crippen LogP contribution in [0.25, 0.3) is 21.8 Å². The first kappa shape index (κ1) is 8.69. The largest absolute Gasteiger partial charge is 0.284 e. The van der Waals surface area contributed by atoms with Gasteiger partial charge in [0.05, 0.1) is 22.8 Å². The standard InChI is InChI=1S/C12H8N4O/c17-10-5-6-1-2-8-12-9(15-16-14-8)4-3-7(13-10)11(6)12/h1-4,15-16H,5H2. The van der Waals surface area contributed by atoms with E-state index in [9.17, 15) is 4.79 Å². The Morgan fingerprint density at radius 2 is 2.06 bits per heavy atom. The maximum absolute atomic E-state index is 11.5. The summed E-state index contributed by atoms with van der Waals surface area (Å²) in [5.41, 5.74) is 2.88. The second-order valence-electron chi connectivity index (χ2n) is 4.16. The van der Waals surface area contributed by atoms with Crippen molar-refractivity contribution < 1.29 is 4.79 Å². The third-order valence-electron chi connectivity index (χ3n) is 3.16. The fourth-order valence-corrected chi connectivity index (χ4v) is 2.45. The van der Waals surface area contributed by atoms with E-state index in [1.807, 2.05) is 24.3 Å². The summed E-state index contributed by atoms with van der Waals surface area (Å²) in [6.07, 6.45) is 0.376. The molecule has 0 radical (unpaired) electrons. The zero-order valence-corrected chi connectivity index (χ0v) is 8.82. The number of H-pyrrole nitrogens is 2. The van der Waals surface area contributed by atoms with E-state index in [4.69, 9.17) is 0 Å². The molecule has 0 atom stereocenters. The molecule has 0 aliphatic carbocycles. The van der Waals surface area contributed by atoms with E-state index < -0.39 is 0 Å². The SMILES string of the molecule is O=C1Cc2ccc3n[nH][nH]c4ccc(c2c34)=N1. The number of hydrogen-bond acceptors (Lipinski definition) is 2. The number of nitrogens with zero attached hydrogens (tertiary/aromatic N) is 2. The van der Waals surface area contributed by atoms with E-state index in [1.54, 1.807) is 0 Å². The first-order valence-corrected chi connectivity index (χ1v) is 5.38. The predicted molar refractivity (Wildman–Crippen MR) is 62.2 cm³/mol. The van der Waals surface area contributed by atoms with Crippen LogP contribution < -0.4 is 5.36 Å². The van der Waals surface area contributed by atoms with Crippen molar-refractivity contribution in [2.24, 2.45) is 4.99 Å². The van der Waals surface area contributed by atoms with Gasteiger partial charge in [-0.15, -0.1) is 0 Å². The van der Waals surface area contributed by atoms with Crippen molar-refractivity contribution >= 4 is 27.7 Å². The molecule has 82 valence electrons. The highest BCUT2D eigenvalue weighted by atomic mass is 16.1. The summed E-state index contributed by atoms with van der Waals surface area (Å²) in [5.74, 6) is -0.0839. The van der Waals surface area contributed by atoms with Crippen molar-refractivity contribution in [2.45, 2.75) is 6.42 Å². The highest BCUT2D eigenvalue weighted by Crippen LogP contribution is 2.25. The van der Waals surface area contributed by atoms with E-state index in [-0.39, 0.29) is 5.91 Å². The molecule has 5 nitrogen and oxygen atoms in total. The number of rotatable bonds is 0. The van der Waals surface area contributed by atoms with Gasteiger partial charge in [-0.05, 0) is 23.8 Å². The van der Waals surface area contributed by atoms with Gasteiger partial charge in [0.25, 0.3) is 5.91 Å². The van der Waals surface area contributed by atoms with Crippen LogP contribution in [0.15, 0.2) is 29.3 Å². The fourth-order valence-electron chi connectivity index (χ4n) is 2.45. The predicted octanol–water partition coefficient (Wildman–Crippen LogP) is 1.03. The lowest BCUT2D eigenvalue weighted by Crippen LogP contribution is -2.17. The van der Waals surface area contributed by atoms with Gasteiger partial charge >= 0.3 is 0 Å². The summed E-state index contributed by atoms with van der Waals surface area (Å²) in [5, 5.41) is 12.8. The Kier molecular flexibility index (Phi) is 1.44. The molecule has 5 heteroatoms. The van der Waals surface area contributed by atoms with Gasteiger partial charge in [0.15, 0.2) is 0 Å². The zero-order valence-electron chi connectivity index (χ0n) is 8.82. The zero-order chi connectivity index (χ0) is 11.4. The van der Waals surface area contributed by atoms with Crippen LogP contribution in [-0.4, -0.2) is 21.3 Å². The lowest BCUT2D eigenvalue weighted by Gasteiger charge is -2.12. The van der Waals surface area contributed by atoms with E-state index in [0.717, 1.165) is 32.7 Å². The van der Waals surface area contributed by atoms with E-state index in [2.05, 4.69) is 20.4 Å². The van der Waals surface area contributed by atoms with Crippen molar-refractivity contribution in [2.75, 3.05) is 0 Å². The molecule has 1 aliphatic heterocycles. The molecule has 2 heterocycles. The van der Waals surface area contributed by atoms with Crippen molar-refractivity contribution in [1.29, 1.82) is 0 Å². The summed E-state index contributed by atoms with van der Waals surface area (Å²) in [6, 6.07) is 7.65. The number of hydrogen-bond donors (Lipinski definition) is 2. The fraction of sp³-hybridized carbons (Fsp3) is 0.0833. The molecule has 1 aromatic heterocycles. The first-order chi connectivity index (χ1) is 8.33. The summed E-state index contributed by atoms with van der Waals surface area (Å²) in [4.78, 5) is 15.6. The van der Waals surface area contributed by atoms with Crippen molar-refractivity contribution in [1.82, 2.24) is 15.4 Å². The van der Waals surface area contributed by atoms with Crippen molar-refractivity contribution in [3.63, 3.8) is 0 Å². The molecule has 2 N–H and O–H groups in total. The average Bonchev–Trinajstić information content (AvgIpc) is 2.35. The average molecular weight is 224 g/mol. The Hall–Kier alpha value is -2.43. The molecule has 0 fully saturated rings.